The second-order valence-corrected chi connectivity index (χ2v) is 4.61. The van der Waals surface area contributed by atoms with Crippen LogP contribution in [0.25, 0.3) is 0 Å². The average molecular weight is 297 g/mol. The van der Waals surface area contributed by atoms with Crippen molar-refractivity contribution in [3.63, 3.8) is 0 Å². The minimum atomic E-state index is -0.500. The molecule has 0 unspecified atom stereocenters. The van der Waals surface area contributed by atoms with Gasteiger partial charge < -0.3 is 4.74 Å². The van der Waals surface area contributed by atoms with E-state index in [2.05, 4.69) is 10.5 Å². The number of amides is 1. The number of ether oxygens (including phenoxy) is 1. The summed E-state index contributed by atoms with van der Waals surface area (Å²) in [4.78, 5) is 23.3. The zero-order valence-corrected chi connectivity index (χ0v) is 12.4. The Bertz CT molecular complexity index is 512. The summed E-state index contributed by atoms with van der Waals surface area (Å²) in [6.07, 6.45) is 0. The molecule has 1 aromatic rings. The summed E-state index contributed by atoms with van der Waals surface area (Å²) in [5.74, 6) is -1.23. The zero-order valence-electron chi connectivity index (χ0n) is 11.6. The first kappa shape index (κ1) is 16.2. The van der Waals surface area contributed by atoms with Gasteiger partial charge in [-0.05, 0) is 45.0 Å². The standard InChI is InChI=1S/C14H17ClN2O3/c1-4-20-14(19)9(2)10(3)16-17-13(18)11-5-7-12(15)8-6-11/h5-9H,4H2,1-3H3,(H,17,18)/t9-/m1/s1. The first-order valence-electron chi connectivity index (χ1n) is 6.22. The van der Waals surface area contributed by atoms with E-state index in [0.717, 1.165) is 0 Å². The highest BCUT2D eigenvalue weighted by atomic mass is 35.5. The average Bonchev–Trinajstić information content (AvgIpc) is 2.44. The summed E-state index contributed by atoms with van der Waals surface area (Å²) in [5.41, 5.74) is 3.31. The van der Waals surface area contributed by atoms with E-state index in [-0.39, 0.29) is 11.9 Å². The number of benzene rings is 1. The van der Waals surface area contributed by atoms with E-state index in [9.17, 15) is 9.59 Å². The molecular formula is C14H17ClN2O3. The summed E-state index contributed by atoms with van der Waals surface area (Å²) in [6, 6.07) is 6.43. The lowest BCUT2D eigenvalue weighted by Crippen LogP contribution is -2.25. The second kappa shape index (κ2) is 7.65. The van der Waals surface area contributed by atoms with E-state index in [0.29, 0.717) is 22.9 Å². The lowest BCUT2D eigenvalue weighted by Gasteiger charge is -2.10. The van der Waals surface area contributed by atoms with Gasteiger partial charge in [0.1, 0.15) is 0 Å². The number of carbonyl (C=O) groups is 2. The monoisotopic (exact) mass is 296 g/mol. The molecule has 1 rings (SSSR count). The van der Waals surface area contributed by atoms with E-state index in [1.165, 1.54) is 0 Å². The maximum absolute atomic E-state index is 11.8. The van der Waals surface area contributed by atoms with Gasteiger partial charge in [-0.15, -0.1) is 0 Å². The van der Waals surface area contributed by atoms with Crippen LogP contribution in [0.1, 0.15) is 31.1 Å². The summed E-state index contributed by atoms with van der Waals surface area (Å²) in [5, 5.41) is 4.46. The number of hydrazone groups is 1. The maximum atomic E-state index is 11.8. The molecule has 0 aliphatic heterocycles. The van der Waals surface area contributed by atoms with Gasteiger partial charge in [0.2, 0.25) is 0 Å². The van der Waals surface area contributed by atoms with Crippen LogP contribution in [0.2, 0.25) is 5.02 Å². The highest BCUT2D eigenvalue weighted by Gasteiger charge is 2.17. The Labute approximate surface area is 123 Å². The number of hydrogen-bond donors (Lipinski definition) is 1. The summed E-state index contributed by atoms with van der Waals surface area (Å²) < 4.78 is 4.88. The van der Waals surface area contributed by atoms with Gasteiger partial charge in [-0.25, -0.2) is 5.43 Å². The molecule has 0 saturated carbocycles. The largest absolute Gasteiger partial charge is 0.465 e. The summed E-state index contributed by atoms with van der Waals surface area (Å²) >= 11 is 5.74. The van der Waals surface area contributed by atoms with Gasteiger partial charge in [0.25, 0.3) is 5.91 Å². The third-order valence-electron chi connectivity index (χ3n) is 2.71. The number of nitrogens with one attached hydrogen (secondary N) is 1. The molecule has 108 valence electrons. The van der Waals surface area contributed by atoms with E-state index in [4.69, 9.17) is 16.3 Å². The molecule has 0 heterocycles. The summed E-state index contributed by atoms with van der Waals surface area (Å²) in [7, 11) is 0. The van der Waals surface area contributed by atoms with Crippen molar-refractivity contribution in [2.45, 2.75) is 20.8 Å². The molecule has 1 atom stereocenters. The van der Waals surface area contributed by atoms with E-state index >= 15 is 0 Å². The van der Waals surface area contributed by atoms with Crippen LogP contribution in [0.15, 0.2) is 29.4 Å². The van der Waals surface area contributed by atoms with Crippen molar-refractivity contribution in [1.82, 2.24) is 5.43 Å². The van der Waals surface area contributed by atoms with Crippen LogP contribution in [0.3, 0.4) is 0 Å². The fourth-order valence-corrected chi connectivity index (χ4v) is 1.47. The number of halogens is 1. The van der Waals surface area contributed by atoms with E-state index in [1.54, 1.807) is 45.0 Å². The molecule has 1 amide bonds. The molecule has 0 radical (unpaired) electrons. The third kappa shape index (κ3) is 4.66. The molecule has 0 aliphatic rings. The van der Waals surface area contributed by atoms with Crippen molar-refractivity contribution in [1.29, 1.82) is 0 Å². The lowest BCUT2D eigenvalue weighted by atomic mass is 10.1. The van der Waals surface area contributed by atoms with Crippen LogP contribution >= 0.6 is 11.6 Å². The number of carbonyl (C=O) groups excluding carboxylic acids is 2. The molecule has 0 saturated heterocycles. The molecule has 6 heteroatoms. The summed E-state index contributed by atoms with van der Waals surface area (Å²) in [6.45, 7) is 5.38. The van der Waals surface area contributed by atoms with Crippen molar-refractivity contribution >= 4 is 29.2 Å². The number of rotatable bonds is 5. The van der Waals surface area contributed by atoms with Crippen molar-refractivity contribution < 1.29 is 14.3 Å². The molecular weight excluding hydrogens is 280 g/mol. The first-order valence-corrected chi connectivity index (χ1v) is 6.60. The fourth-order valence-electron chi connectivity index (χ4n) is 1.34. The van der Waals surface area contributed by atoms with Crippen LogP contribution in [0.5, 0.6) is 0 Å². The van der Waals surface area contributed by atoms with Crippen LogP contribution in [-0.4, -0.2) is 24.2 Å². The molecule has 0 aliphatic carbocycles. The predicted molar refractivity (Wildman–Crippen MR) is 77.8 cm³/mol. The highest BCUT2D eigenvalue weighted by molar-refractivity contribution is 6.30. The van der Waals surface area contributed by atoms with Gasteiger partial charge in [-0.1, -0.05) is 11.6 Å². The van der Waals surface area contributed by atoms with Crippen molar-refractivity contribution in [3.8, 4) is 0 Å². The predicted octanol–water partition coefficient (Wildman–Crippen LogP) is 2.64. The molecule has 0 bridgehead atoms. The number of nitrogens with zero attached hydrogens (tertiary/aromatic N) is 1. The van der Waals surface area contributed by atoms with E-state index < -0.39 is 5.92 Å². The van der Waals surface area contributed by atoms with Gasteiger partial charge in [-0.3, -0.25) is 9.59 Å². The van der Waals surface area contributed by atoms with Crippen LogP contribution in [-0.2, 0) is 9.53 Å². The van der Waals surface area contributed by atoms with Crippen molar-refractivity contribution in [2.24, 2.45) is 11.0 Å². The van der Waals surface area contributed by atoms with Crippen LogP contribution in [0, 0.1) is 5.92 Å². The number of esters is 1. The van der Waals surface area contributed by atoms with Crippen LogP contribution < -0.4 is 5.43 Å². The fraction of sp³-hybridized carbons (Fsp3) is 0.357. The van der Waals surface area contributed by atoms with Gasteiger partial charge in [0.15, 0.2) is 0 Å². The normalized spacial score (nSPS) is 12.7. The maximum Gasteiger partial charge on any atom is 0.314 e. The van der Waals surface area contributed by atoms with Gasteiger partial charge in [0, 0.05) is 16.3 Å². The Morgan fingerprint density at radius 2 is 1.95 bits per heavy atom. The second-order valence-electron chi connectivity index (χ2n) is 4.17. The van der Waals surface area contributed by atoms with Gasteiger partial charge in [0.05, 0.1) is 12.5 Å². The molecule has 0 spiro atoms. The molecule has 0 fully saturated rings. The van der Waals surface area contributed by atoms with Crippen LogP contribution in [0.4, 0.5) is 0 Å². The Kier molecular flexibility index (Phi) is 6.18. The van der Waals surface area contributed by atoms with Gasteiger partial charge in [-0.2, -0.15) is 5.10 Å². The minimum absolute atomic E-state index is 0.313. The molecule has 20 heavy (non-hydrogen) atoms. The number of hydrogen-bond acceptors (Lipinski definition) is 4. The molecule has 0 aromatic heterocycles. The molecule has 1 N–H and O–H groups in total. The quantitative estimate of drug-likeness (QED) is 0.516. The third-order valence-corrected chi connectivity index (χ3v) is 2.96. The Hall–Kier alpha value is -1.88. The Balaban J connectivity index is 2.64. The first-order chi connectivity index (χ1) is 9.45. The lowest BCUT2D eigenvalue weighted by molar-refractivity contribution is -0.145. The smallest absolute Gasteiger partial charge is 0.314 e. The van der Waals surface area contributed by atoms with Crippen molar-refractivity contribution in [2.75, 3.05) is 6.61 Å². The minimum Gasteiger partial charge on any atom is -0.465 e. The Morgan fingerprint density at radius 3 is 2.50 bits per heavy atom. The molecule has 1 aromatic carbocycles. The highest BCUT2D eigenvalue weighted by Crippen LogP contribution is 2.09. The zero-order chi connectivity index (χ0) is 15.1. The SMILES string of the molecule is CCOC(=O)[C@H](C)C(C)=NNC(=O)c1ccc(Cl)cc1. The Morgan fingerprint density at radius 1 is 1.35 bits per heavy atom. The van der Waals surface area contributed by atoms with Gasteiger partial charge >= 0.3 is 5.97 Å². The van der Waals surface area contributed by atoms with E-state index in [1.807, 2.05) is 0 Å². The van der Waals surface area contributed by atoms with Crippen molar-refractivity contribution in [3.05, 3.63) is 34.9 Å². The topological polar surface area (TPSA) is 67.8 Å². The molecule has 5 nitrogen and oxygen atoms in total.